The predicted octanol–water partition coefficient (Wildman–Crippen LogP) is -0.274. The average Bonchev–Trinajstić information content (AvgIpc) is 2.36. The second-order valence-corrected chi connectivity index (χ2v) is 5.45. The van der Waals surface area contributed by atoms with E-state index in [2.05, 4.69) is 17.2 Å². The fraction of sp³-hybridized carbons (Fsp3) is 0.250. The van der Waals surface area contributed by atoms with Gasteiger partial charge in [0.1, 0.15) is 0 Å². The van der Waals surface area contributed by atoms with Crippen molar-refractivity contribution >= 4 is 15.9 Å². The lowest BCUT2D eigenvalue weighted by Crippen LogP contribution is -2.33. The molecule has 0 aliphatic rings. The molecule has 104 valence electrons. The fourth-order valence-corrected chi connectivity index (χ4v) is 1.97. The van der Waals surface area contributed by atoms with E-state index in [0.29, 0.717) is 12.1 Å². The molecule has 0 saturated carbocycles. The molecule has 0 radical (unpaired) electrons. The van der Waals surface area contributed by atoms with Gasteiger partial charge in [-0.15, -0.1) is 6.58 Å². The number of nitrogens with two attached hydrogens (primary N) is 1. The fourth-order valence-electron chi connectivity index (χ4n) is 1.38. The molecule has 1 aromatic rings. The highest BCUT2D eigenvalue weighted by Crippen LogP contribution is 2.09. The van der Waals surface area contributed by atoms with Gasteiger partial charge >= 0.3 is 0 Å². The van der Waals surface area contributed by atoms with Gasteiger partial charge in [-0.1, -0.05) is 18.2 Å². The number of rotatable bonds is 7. The lowest BCUT2D eigenvalue weighted by Gasteiger charge is -2.07. The van der Waals surface area contributed by atoms with Crippen LogP contribution in [-0.4, -0.2) is 27.4 Å². The lowest BCUT2D eigenvalue weighted by molar-refractivity contribution is -0.120. The number of hydrogen-bond acceptors (Lipinski definition) is 4. The molecule has 4 N–H and O–H groups in total. The van der Waals surface area contributed by atoms with Crippen molar-refractivity contribution in [2.45, 2.75) is 11.4 Å². The van der Waals surface area contributed by atoms with Gasteiger partial charge in [0.25, 0.3) is 0 Å². The van der Waals surface area contributed by atoms with Crippen molar-refractivity contribution in [1.82, 2.24) is 10.6 Å². The van der Waals surface area contributed by atoms with Crippen molar-refractivity contribution in [2.24, 2.45) is 5.14 Å². The molecule has 0 fully saturated rings. The van der Waals surface area contributed by atoms with Crippen LogP contribution in [0.5, 0.6) is 0 Å². The molecule has 0 bridgehead atoms. The Kier molecular flexibility index (Phi) is 5.68. The van der Waals surface area contributed by atoms with E-state index in [1.165, 1.54) is 12.1 Å². The minimum absolute atomic E-state index is 0.0315. The Labute approximate surface area is 112 Å². The van der Waals surface area contributed by atoms with Gasteiger partial charge in [0.15, 0.2) is 0 Å². The topological polar surface area (TPSA) is 101 Å². The number of benzene rings is 1. The van der Waals surface area contributed by atoms with Gasteiger partial charge in [0, 0.05) is 13.1 Å². The zero-order valence-electron chi connectivity index (χ0n) is 10.4. The van der Waals surface area contributed by atoms with Gasteiger partial charge in [-0.25, -0.2) is 13.6 Å². The van der Waals surface area contributed by atoms with E-state index < -0.39 is 10.0 Å². The van der Waals surface area contributed by atoms with E-state index in [1.807, 2.05) is 0 Å². The van der Waals surface area contributed by atoms with Crippen LogP contribution >= 0.6 is 0 Å². The number of sulfonamides is 1. The Morgan fingerprint density at radius 1 is 1.42 bits per heavy atom. The van der Waals surface area contributed by atoms with Crippen molar-refractivity contribution in [3.05, 3.63) is 42.5 Å². The normalized spacial score (nSPS) is 11.0. The number of carbonyl (C=O) groups is 1. The smallest absolute Gasteiger partial charge is 0.238 e. The Morgan fingerprint density at radius 2 is 2.16 bits per heavy atom. The predicted molar refractivity (Wildman–Crippen MR) is 72.7 cm³/mol. The maximum Gasteiger partial charge on any atom is 0.238 e. The van der Waals surface area contributed by atoms with Crippen LogP contribution in [0, 0.1) is 0 Å². The first-order valence-electron chi connectivity index (χ1n) is 5.63. The minimum Gasteiger partial charge on any atom is -0.351 e. The number of amides is 1. The molecule has 0 unspecified atom stereocenters. The molecule has 0 aliphatic carbocycles. The van der Waals surface area contributed by atoms with Gasteiger partial charge in [-0.3, -0.25) is 4.79 Å². The molecule has 7 heteroatoms. The Hall–Kier alpha value is -1.70. The summed E-state index contributed by atoms with van der Waals surface area (Å²) in [6, 6.07) is 6.14. The second kappa shape index (κ2) is 7.03. The Morgan fingerprint density at radius 3 is 2.79 bits per heavy atom. The van der Waals surface area contributed by atoms with E-state index >= 15 is 0 Å². The summed E-state index contributed by atoms with van der Waals surface area (Å²) in [6.07, 6.45) is 1.66. The zero-order valence-corrected chi connectivity index (χ0v) is 11.2. The van der Waals surface area contributed by atoms with Gasteiger partial charge < -0.3 is 10.6 Å². The maximum absolute atomic E-state index is 11.4. The van der Waals surface area contributed by atoms with Crippen molar-refractivity contribution in [3.63, 3.8) is 0 Å². The first-order valence-corrected chi connectivity index (χ1v) is 7.18. The highest BCUT2D eigenvalue weighted by atomic mass is 32.2. The number of nitrogens with one attached hydrogen (secondary N) is 2. The van der Waals surface area contributed by atoms with Crippen LogP contribution in [0.1, 0.15) is 5.56 Å². The van der Waals surface area contributed by atoms with E-state index in [1.54, 1.807) is 18.2 Å². The summed E-state index contributed by atoms with van der Waals surface area (Å²) in [5, 5.41) is 10.6. The molecule has 1 rings (SSSR count). The molecule has 0 aromatic heterocycles. The number of carbonyl (C=O) groups excluding carboxylic acids is 1. The molecular weight excluding hydrogens is 266 g/mol. The Balaban J connectivity index is 2.54. The van der Waals surface area contributed by atoms with Gasteiger partial charge in [-0.05, 0) is 17.7 Å². The van der Waals surface area contributed by atoms with Crippen LogP contribution in [0.4, 0.5) is 0 Å². The summed E-state index contributed by atoms with van der Waals surface area (Å²) in [5.41, 5.74) is 0.670. The highest BCUT2D eigenvalue weighted by molar-refractivity contribution is 7.89. The molecule has 0 aliphatic heterocycles. The van der Waals surface area contributed by atoms with Crippen molar-refractivity contribution < 1.29 is 13.2 Å². The summed E-state index contributed by atoms with van der Waals surface area (Å²) in [4.78, 5) is 11.5. The third-order valence-corrected chi connectivity index (χ3v) is 3.20. The molecule has 1 amide bonds. The van der Waals surface area contributed by atoms with Gasteiger partial charge in [-0.2, -0.15) is 0 Å². The van der Waals surface area contributed by atoms with E-state index in [9.17, 15) is 13.2 Å². The van der Waals surface area contributed by atoms with Crippen LogP contribution in [0.25, 0.3) is 0 Å². The van der Waals surface area contributed by atoms with Crippen molar-refractivity contribution in [1.29, 1.82) is 0 Å². The average molecular weight is 283 g/mol. The molecule has 0 atom stereocenters. The molecule has 0 spiro atoms. The van der Waals surface area contributed by atoms with Crippen LogP contribution in [-0.2, 0) is 21.4 Å². The molecule has 19 heavy (non-hydrogen) atoms. The van der Waals surface area contributed by atoms with E-state index in [0.717, 1.165) is 0 Å². The van der Waals surface area contributed by atoms with Gasteiger partial charge in [0.2, 0.25) is 15.9 Å². The molecular formula is C12H17N3O3S. The third kappa shape index (κ3) is 5.64. The molecule has 0 heterocycles. The van der Waals surface area contributed by atoms with Crippen LogP contribution < -0.4 is 15.8 Å². The monoisotopic (exact) mass is 283 g/mol. The zero-order chi connectivity index (χ0) is 14.3. The van der Waals surface area contributed by atoms with Crippen molar-refractivity contribution in [2.75, 3.05) is 13.1 Å². The third-order valence-electron chi connectivity index (χ3n) is 2.29. The van der Waals surface area contributed by atoms with Crippen LogP contribution in [0.2, 0.25) is 0 Å². The number of hydrogen-bond donors (Lipinski definition) is 3. The quantitative estimate of drug-likeness (QED) is 0.473. The summed E-state index contributed by atoms with van der Waals surface area (Å²) in [5.74, 6) is -0.178. The highest BCUT2D eigenvalue weighted by Gasteiger charge is 2.08. The summed E-state index contributed by atoms with van der Waals surface area (Å²) in [6.45, 7) is 4.50. The summed E-state index contributed by atoms with van der Waals surface area (Å²) < 4.78 is 22.3. The molecule has 1 aromatic carbocycles. The Bertz CT molecular complexity index is 555. The number of primary sulfonamides is 1. The first kappa shape index (κ1) is 15.4. The van der Waals surface area contributed by atoms with E-state index in [-0.39, 0.29) is 23.9 Å². The summed E-state index contributed by atoms with van der Waals surface area (Å²) >= 11 is 0. The standard InChI is InChI=1S/C12H17N3O3S/c1-2-6-14-9-12(16)15-8-10-4-3-5-11(7-10)19(13,17)18/h2-5,7,14H,1,6,8-9H2,(H,15,16)(H2,13,17,18). The van der Waals surface area contributed by atoms with Crippen LogP contribution in [0.15, 0.2) is 41.8 Å². The maximum atomic E-state index is 11.4. The molecule has 0 saturated heterocycles. The SMILES string of the molecule is C=CCNCC(=O)NCc1cccc(S(N)(=O)=O)c1. The lowest BCUT2D eigenvalue weighted by atomic mass is 10.2. The summed E-state index contributed by atoms with van der Waals surface area (Å²) in [7, 11) is -3.72. The largest absolute Gasteiger partial charge is 0.351 e. The van der Waals surface area contributed by atoms with Gasteiger partial charge in [0.05, 0.1) is 11.4 Å². The second-order valence-electron chi connectivity index (χ2n) is 3.89. The van der Waals surface area contributed by atoms with Crippen molar-refractivity contribution in [3.8, 4) is 0 Å². The van der Waals surface area contributed by atoms with Crippen LogP contribution in [0.3, 0.4) is 0 Å². The first-order chi connectivity index (χ1) is 8.93. The molecule has 6 nitrogen and oxygen atoms in total. The minimum atomic E-state index is -3.72. The van der Waals surface area contributed by atoms with E-state index in [4.69, 9.17) is 5.14 Å².